The number of carbonyl (C=O) groups is 1. The van der Waals surface area contributed by atoms with Gasteiger partial charge in [-0.25, -0.2) is 21.9 Å². The first-order valence-electron chi connectivity index (χ1n) is 11.6. The lowest BCUT2D eigenvalue weighted by Crippen LogP contribution is -2.32. The molecule has 0 fully saturated rings. The van der Waals surface area contributed by atoms with Crippen molar-refractivity contribution < 1.29 is 27.4 Å². The van der Waals surface area contributed by atoms with Gasteiger partial charge in [-0.3, -0.25) is 4.68 Å². The van der Waals surface area contributed by atoms with Crippen LogP contribution in [0.1, 0.15) is 57.1 Å². The number of nitrogens with one attached hydrogen (secondary N) is 1. The van der Waals surface area contributed by atoms with Crippen LogP contribution < -0.4 is 5.32 Å². The van der Waals surface area contributed by atoms with E-state index in [0.29, 0.717) is 28.9 Å². The summed E-state index contributed by atoms with van der Waals surface area (Å²) in [6.45, 7) is 9.76. The predicted octanol–water partition coefficient (Wildman–Crippen LogP) is 4.29. The van der Waals surface area contributed by atoms with Gasteiger partial charge >= 0.3 is 6.09 Å². The van der Waals surface area contributed by atoms with Gasteiger partial charge in [0.2, 0.25) is 10.0 Å². The van der Waals surface area contributed by atoms with E-state index in [9.17, 15) is 22.7 Å². The number of halogens is 2. The van der Waals surface area contributed by atoms with E-state index in [0.717, 1.165) is 4.31 Å². The molecule has 0 atom stereocenters. The smallest absolute Gasteiger partial charge is 0.407 e. The second-order valence-electron chi connectivity index (χ2n) is 10.4. The van der Waals surface area contributed by atoms with Gasteiger partial charge < -0.3 is 15.2 Å². The molecule has 0 saturated carbocycles. The first-order chi connectivity index (χ1) is 16.8. The molecule has 0 spiro atoms. The number of sulfonamides is 1. The van der Waals surface area contributed by atoms with Crippen LogP contribution in [0.15, 0.2) is 35.0 Å². The molecule has 0 unspecified atom stereocenters. The molecular formula is C25H36ClFN4O5S. The Labute approximate surface area is 223 Å². The first-order valence-corrected chi connectivity index (χ1v) is 13.5. The lowest BCUT2D eigenvalue weighted by Gasteiger charge is -2.22. The highest BCUT2D eigenvalue weighted by Crippen LogP contribution is 2.31. The zero-order chi connectivity index (χ0) is 28.3. The summed E-state index contributed by atoms with van der Waals surface area (Å²) in [7, 11) is -0.856. The van der Waals surface area contributed by atoms with Crippen LogP contribution in [0.5, 0.6) is 0 Å². The third-order valence-corrected chi connectivity index (χ3v) is 7.53. The molecule has 0 aliphatic heterocycles. The van der Waals surface area contributed by atoms with Crippen molar-refractivity contribution in [1.29, 1.82) is 0 Å². The third-order valence-electron chi connectivity index (χ3n) is 5.24. The minimum atomic E-state index is -3.71. The van der Waals surface area contributed by atoms with E-state index in [2.05, 4.69) is 10.4 Å². The number of allylic oxidation sites excluding steroid dienone is 1. The minimum absolute atomic E-state index is 0.00903. The van der Waals surface area contributed by atoms with Crippen LogP contribution in [0.2, 0.25) is 5.02 Å². The largest absolute Gasteiger partial charge is 0.444 e. The summed E-state index contributed by atoms with van der Waals surface area (Å²) in [4.78, 5) is 11.7. The summed E-state index contributed by atoms with van der Waals surface area (Å²) in [5, 5.41) is 17.9. The Kier molecular flexibility index (Phi) is 9.56. The van der Waals surface area contributed by atoms with Crippen molar-refractivity contribution in [2.75, 3.05) is 20.6 Å². The van der Waals surface area contributed by atoms with E-state index in [1.165, 1.54) is 30.9 Å². The maximum Gasteiger partial charge on any atom is 0.407 e. The summed E-state index contributed by atoms with van der Waals surface area (Å²) in [6, 6.07) is 4.65. The highest BCUT2D eigenvalue weighted by atomic mass is 35.5. The maximum absolute atomic E-state index is 14.7. The molecule has 1 amide bonds. The number of benzene rings is 1. The van der Waals surface area contributed by atoms with Gasteiger partial charge in [-0.1, -0.05) is 17.7 Å². The van der Waals surface area contributed by atoms with Gasteiger partial charge in [-0.2, -0.15) is 5.10 Å². The van der Waals surface area contributed by atoms with Crippen molar-refractivity contribution in [1.82, 2.24) is 19.4 Å². The molecule has 2 rings (SSSR count). The number of rotatable bonds is 9. The molecule has 0 bridgehead atoms. The molecule has 12 heteroatoms. The Morgan fingerprint density at radius 3 is 2.41 bits per heavy atom. The molecule has 0 radical (unpaired) electrons. The highest BCUT2D eigenvalue weighted by molar-refractivity contribution is 7.89. The standard InChI is InChI=1S/C25H36ClFN4O5S/c1-16-19(13-17-9-10-21(20(26)14-17)37(34,35)30(7)8)22(25(5,6)33)31(29-16)15-18(27)11-12-28-23(32)36-24(2,3)4/h9-11,14,33H,12-13,15H2,1-8H3,(H,28,32)/b18-11-. The molecule has 1 aromatic heterocycles. The van der Waals surface area contributed by atoms with Gasteiger partial charge in [-0.05, 0) is 65.3 Å². The van der Waals surface area contributed by atoms with Crippen LogP contribution in [0, 0.1) is 6.92 Å². The highest BCUT2D eigenvalue weighted by Gasteiger charge is 2.29. The Morgan fingerprint density at radius 1 is 1.27 bits per heavy atom. The van der Waals surface area contributed by atoms with Crippen molar-refractivity contribution >= 4 is 27.7 Å². The van der Waals surface area contributed by atoms with Crippen molar-refractivity contribution in [2.45, 2.75) is 70.6 Å². The van der Waals surface area contributed by atoms with Crippen molar-refractivity contribution in [3.05, 3.63) is 57.6 Å². The molecule has 0 aliphatic rings. The first kappa shape index (κ1) is 30.8. The van der Waals surface area contributed by atoms with Crippen LogP contribution in [0.25, 0.3) is 0 Å². The summed E-state index contributed by atoms with van der Waals surface area (Å²) in [5.41, 5.74) is 0.346. The lowest BCUT2D eigenvalue weighted by molar-refractivity contribution is 0.0533. The van der Waals surface area contributed by atoms with E-state index in [-0.39, 0.29) is 23.0 Å². The summed E-state index contributed by atoms with van der Waals surface area (Å²) in [5.74, 6) is -0.558. The van der Waals surface area contributed by atoms with Crippen LogP contribution >= 0.6 is 11.6 Å². The van der Waals surface area contributed by atoms with Crippen molar-refractivity contribution in [2.24, 2.45) is 0 Å². The van der Waals surface area contributed by atoms with Crippen LogP contribution in [0.4, 0.5) is 9.18 Å². The zero-order valence-electron chi connectivity index (χ0n) is 22.5. The number of hydrogen-bond donors (Lipinski definition) is 2. The maximum atomic E-state index is 14.7. The molecule has 206 valence electrons. The molecule has 0 aliphatic carbocycles. The number of amides is 1. The van der Waals surface area contributed by atoms with Gasteiger partial charge in [0.15, 0.2) is 0 Å². The fourth-order valence-corrected chi connectivity index (χ4v) is 5.10. The average Bonchev–Trinajstić information content (AvgIpc) is 3.01. The fraction of sp³-hybridized carbons (Fsp3) is 0.520. The van der Waals surface area contributed by atoms with Crippen LogP contribution in [0.3, 0.4) is 0 Å². The summed E-state index contributed by atoms with van der Waals surface area (Å²) in [6.07, 6.45) is 0.839. The zero-order valence-corrected chi connectivity index (χ0v) is 24.1. The Balaban J connectivity index is 2.30. The number of ether oxygens (including phenoxy) is 1. The molecule has 1 aromatic carbocycles. The number of aryl methyl sites for hydroxylation is 1. The Morgan fingerprint density at radius 2 is 1.89 bits per heavy atom. The predicted molar refractivity (Wildman–Crippen MR) is 141 cm³/mol. The summed E-state index contributed by atoms with van der Waals surface area (Å²) < 4.78 is 47.3. The molecular weight excluding hydrogens is 523 g/mol. The van der Waals surface area contributed by atoms with Gasteiger partial charge in [0.1, 0.15) is 21.9 Å². The third kappa shape index (κ3) is 8.26. The average molecular weight is 559 g/mol. The SMILES string of the molecule is Cc1nn(C/C(F)=C/CNC(=O)OC(C)(C)C)c(C(C)(C)O)c1Cc1ccc(S(=O)(=O)N(C)C)c(Cl)c1. The number of carbonyl (C=O) groups excluding carboxylic acids is 1. The van der Waals surface area contributed by atoms with E-state index < -0.39 is 33.1 Å². The molecule has 0 saturated heterocycles. The molecule has 37 heavy (non-hydrogen) atoms. The van der Waals surface area contributed by atoms with Gasteiger partial charge in [0, 0.05) is 32.6 Å². The van der Waals surface area contributed by atoms with Gasteiger partial charge in [-0.15, -0.1) is 0 Å². The monoisotopic (exact) mass is 558 g/mol. The molecule has 1 heterocycles. The number of alkyl carbamates (subject to hydrolysis) is 1. The van der Waals surface area contributed by atoms with E-state index in [4.69, 9.17) is 16.3 Å². The van der Waals surface area contributed by atoms with Gasteiger partial charge in [0.05, 0.1) is 23.0 Å². The van der Waals surface area contributed by atoms with Crippen molar-refractivity contribution in [3.63, 3.8) is 0 Å². The number of hydrogen-bond acceptors (Lipinski definition) is 6. The van der Waals surface area contributed by atoms with Crippen LogP contribution in [-0.2, 0) is 33.3 Å². The molecule has 9 nitrogen and oxygen atoms in total. The number of aromatic nitrogens is 2. The topological polar surface area (TPSA) is 114 Å². The Bertz CT molecular complexity index is 1280. The number of nitrogens with zero attached hydrogens (tertiary/aromatic N) is 3. The molecule has 2 N–H and O–H groups in total. The molecule has 2 aromatic rings. The minimum Gasteiger partial charge on any atom is -0.444 e. The van der Waals surface area contributed by atoms with E-state index >= 15 is 0 Å². The normalized spacial score (nSPS) is 13.2. The van der Waals surface area contributed by atoms with Crippen LogP contribution in [-0.4, -0.2) is 59.9 Å². The van der Waals surface area contributed by atoms with Gasteiger partial charge in [0.25, 0.3) is 0 Å². The fourth-order valence-electron chi connectivity index (χ4n) is 3.66. The lowest BCUT2D eigenvalue weighted by atomic mass is 9.95. The number of aliphatic hydroxyl groups is 1. The van der Waals surface area contributed by atoms with E-state index in [1.54, 1.807) is 53.7 Å². The second-order valence-corrected chi connectivity index (χ2v) is 12.9. The van der Waals surface area contributed by atoms with E-state index in [1.807, 2.05) is 0 Å². The van der Waals surface area contributed by atoms with Crippen molar-refractivity contribution in [3.8, 4) is 0 Å². The second kappa shape index (κ2) is 11.5. The quantitative estimate of drug-likeness (QED) is 0.474. The summed E-state index contributed by atoms with van der Waals surface area (Å²) >= 11 is 6.30. The Hall–Kier alpha value is -2.47.